The summed E-state index contributed by atoms with van der Waals surface area (Å²) in [4.78, 5) is 7.44. The van der Waals surface area contributed by atoms with Gasteiger partial charge in [0.2, 0.25) is 5.88 Å². The summed E-state index contributed by atoms with van der Waals surface area (Å²) in [6, 6.07) is 0. The molecule has 1 rings (SSSR count). The number of hydrogen-bond acceptors (Lipinski definition) is 3. The third-order valence-electron chi connectivity index (χ3n) is 1.23. The fourth-order valence-electron chi connectivity index (χ4n) is 0.646. The second-order valence-electron chi connectivity index (χ2n) is 2.39. The molecule has 1 aromatic heterocycles. The van der Waals surface area contributed by atoms with E-state index in [1.165, 1.54) is 12.4 Å². The Bertz CT molecular complexity index is 288. The van der Waals surface area contributed by atoms with Crippen molar-refractivity contribution in [1.29, 1.82) is 0 Å². The van der Waals surface area contributed by atoms with Gasteiger partial charge in [-0.2, -0.15) is 13.2 Å². The lowest BCUT2D eigenvalue weighted by Crippen LogP contribution is -2.13. The molecule has 0 radical (unpaired) electrons. The number of nitrogens with zero attached hydrogens (tertiary/aromatic N) is 2. The topological polar surface area (TPSA) is 35.0 Å². The zero-order valence-electron chi connectivity index (χ0n) is 6.88. The molecule has 7 heteroatoms. The van der Waals surface area contributed by atoms with Gasteiger partial charge in [0.25, 0.3) is 0 Å². The Balaban J connectivity index is 2.35. The van der Waals surface area contributed by atoms with E-state index < -0.39 is 19.2 Å². The molecule has 0 atom stereocenters. The Morgan fingerprint density at radius 3 is 2.50 bits per heavy atom. The first kappa shape index (κ1) is 11.2. The molecule has 0 unspecified atom stereocenters. The van der Waals surface area contributed by atoms with E-state index in [0.29, 0.717) is 4.60 Å². The van der Waals surface area contributed by atoms with Crippen molar-refractivity contribution < 1.29 is 17.9 Å². The van der Waals surface area contributed by atoms with Gasteiger partial charge < -0.3 is 4.74 Å². The van der Waals surface area contributed by atoms with E-state index in [4.69, 9.17) is 4.74 Å². The average molecular weight is 271 g/mol. The smallest absolute Gasteiger partial charge is 0.392 e. The van der Waals surface area contributed by atoms with E-state index in [-0.39, 0.29) is 5.88 Å². The quantitative estimate of drug-likeness (QED) is 0.847. The molecule has 0 amide bonds. The van der Waals surface area contributed by atoms with Gasteiger partial charge in [0.05, 0.1) is 25.4 Å². The summed E-state index contributed by atoms with van der Waals surface area (Å²) in [5.41, 5.74) is 0. The Hall–Kier alpha value is -0.850. The van der Waals surface area contributed by atoms with Crippen molar-refractivity contribution >= 4 is 15.9 Å². The maximum absolute atomic E-state index is 11.7. The van der Waals surface area contributed by atoms with Crippen LogP contribution >= 0.6 is 15.9 Å². The number of ether oxygens (including phenoxy) is 1. The van der Waals surface area contributed by atoms with Crippen LogP contribution in [0.3, 0.4) is 0 Å². The number of aromatic nitrogens is 2. The predicted molar refractivity (Wildman–Crippen MR) is 45.9 cm³/mol. The predicted octanol–water partition coefficient (Wildman–Crippen LogP) is 2.57. The molecule has 0 aliphatic carbocycles. The normalized spacial score (nSPS) is 11.4. The molecule has 0 aliphatic heterocycles. The second-order valence-corrected chi connectivity index (χ2v) is 3.20. The summed E-state index contributed by atoms with van der Waals surface area (Å²) in [7, 11) is 0. The molecular formula is C7H6BrF3N2O. The second kappa shape index (κ2) is 4.59. The van der Waals surface area contributed by atoms with Gasteiger partial charge >= 0.3 is 6.18 Å². The minimum absolute atomic E-state index is 0.0810. The fourth-order valence-corrected chi connectivity index (χ4v) is 0.851. The van der Waals surface area contributed by atoms with Crippen LogP contribution in [0.2, 0.25) is 0 Å². The summed E-state index contributed by atoms with van der Waals surface area (Å²) in [5, 5.41) is 0. The minimum Gasteiger partial charge on any atom is -0.476 e. The van der Waals surface area contributed by atoms with E-state index in [9.17, 15) is 13.2 Å². The largest absolute Gasteiger partial charge is 0.476 e. The van der Waals surface area contributed by atoms with Gasteiger partial charge in [-0.15, -0.1) is 0 Å². The van der Waals surface area contributed by atoms with Crippen LogP contribution in [0.1, 0.15) is 6.42 Å². The molecule has 0 saturated carbocycles. The van der Waals surface area contributed by atoms with Crippen LogP contribution in [-0.4, -0.2) is 22.8 Å². The van der Waals surface area contributed by atoms with Crippen molar-refractivity contribution in [2.45, 2.75) is 12.6 Å². The number of hydrogen-bond donors (Lipinski definition) is 0. The highest BCUT2D eigenvalue weighted by atomic mass is 79.9. The van der Waals surface area contributed by atoms with E-state index in [1.807, 2.05) is 0 Å². The van der Waals surface area contributed by atoms with E-state index in [2.05, 4.69) is 25.9 Å². The van der Waals surface area contributed by atoms with Gasteiger partial charge in [-0.05, 0) is 15.9 Å². The highest BCUT2D eigenvalue weighted by molar-refractivity contribution is 9.10. The molecule has 1 aromatic rings. The summed E-state index contributed by atoms with van der Waals surface area (Å²) < 4.78 is 40.3. The van der Waals surface area contributed by atoms with Crippen molar-refractivity contribution in [1.82, 2.24) is 9.97 Å². The lowest BCUT2D eigenvalue weighted by atomic mass is 10.4. The standard InChI is InChI=1S/C7H6BrF3N2O/c8-5-3-13-6(4-12-5)14-2-1-7(9,10)11/h3-4H,1-2H2. The van der Waals surface area contributed by atoms with Crippen LogP contribution in [-0.2, 0) is 0 Å². The minimum atomic E-state index is -4.21. The summed E-state index contributed by atoms with van der Waals surface area (Å²) in [6.45, 7) is -0.445. The highest BCUT2D eigenvalue weighted by Gasteiger charge is 2.26. The molecular weight excluding hydrogens is 265 g/mol. The van der Waals surface area contributed by atoms with Crippen LogP contribution in [0.5, 0.6) is 5.88 Å². The summed E-state index contributed by atoms with van der Waals surface area (Å²) in [5.74, 6) is 0.0810. The Morgan fingerprint density at radius 1 is 1.29 bits per heavy atom. The molecule has 0 fully saturated rings. The number of alkyl halides is 3. The average Bonchev–Trinajstić information content (AvgIpc) is 2.06. The van der Waals surface area contributed by atoms with Crippen molar-refractivity contribution in [2.24, 2.45) is 0 Å². The lowest BCUT2D eigenvalue weighted by molar-refractivity contribution is -0.139. The van der Waals surface area contributed by atoms with Crippen LogP contribution < -0.4 is 4.74 Å². The molecule has 0 N–H and O–H groups in total. The molecule has 0 saturated heterocycles. The third-order valence-corrected chi connectivity index (χ3v) is 1.64. The Morgan fingerprint density at radius 2 is 2.00 bits per heavy atom. The molecule has 0 bridgehead atoms. The molecule has 0 aliphatic rings. The molecule has 3 nitrogen and oxygen atoms in total. The van der Waals surface area contributed by atoms with Gasteiger partial charge in [0.1, 0.15) is 4.60 Å². The zero-order valence-corrected chi connectivity index (χ0v) is 8.47. The van der Waals surface area contributed by atoms with Crippen molar-refractivity contribution in [3.63, 3.8) is 0 Å². The van der Waals surface area contributed by atoms with Crippen LogP contribution in [0.15, 0.2) is 17.0 Å². The maximum Gasteiger partial charge on any atom is 0.392 e. The maximum atomic E-state index is 11.7. The monoisotopic (exact) mass is 270 g/mol. The van der Waals surface area contributed by atoms with Gasteiger partial charge in [-0.25, -0.2) is 9.97 Å². The van der Waals surface area contributed by atoms with Gasteiger partial charge in [0.15, 0.2) is 0 Å². The number of halogens is 4. The van der Waals surface area contributed by atoms with E-state index >= 15 is 0 Å². The summed E-state index contributed by atoms with van der Waals surface area (Å²) >= 11 is 3.04. The SMILES string of the molecule is FC(F)(F)CCOc1cnc(Br)cn1. The van der Waals surface area contributed by atoms with Crippen LogP contribution in [0.4, 0.5) is 13.2 Å². The van der Waals surface area contributed by atoms with Crippen molar-refractivity contribution in [3.8, 4) is 5.88 Å². The van der Waals surface area contributed by atoms with Crippen molar-refractivity contribution in [2.75, 3.05) is 6.61 Å². The van der Waals surface area contributed by atoms with Crippen LogP contribution in [0, 0.1) is 0 Å². The first-order chi connectivity index (χ1) is 6.47. The molecule has 0 aromatic carbocycles. The molecule has 14 heavy (non-hydrogen) atoms. The Labute approximate surface area is 86.4 Å². The summed E-state index contributed by atoms with van der Waals surface area (Å²) in [6.07, 6.45) is -2.60. The molecule has 78 valence electrons. The van der Waals surface area contributed by atoms with Gasteiger partial charge in [0, 0.05) is 0 Å². The highest BCUT2D eigenvalue weighted by Crippen LogP contribution is 2.19. The van der Waals surface area contributed by atoms with Crippen molar-refractivity contribution in [3.05, 3.63) is 17.0 Å². The first-order valence-corrected chi connectivity index (χ1v) is 4.44. The molecule has 0 spiro atoms. The fraction of sp³-hybridized carbons (Fsp3) is 0.429. The molecule has 1 heterocycles. The number of rotatable bonds is 3. The lowest BCUT2D eigenvalue weighted by Gasteiger charge is -2.06. The van der Waals surface area contributed by atoms with E-state index in [1.54, 1.807) is 0 Å². The zero-order chi connectivity index (χ0) is 10.6. The Kier molecular flexibility index (Phi) is 3.68. The van der Waals surface area contributed by atoms with Gasteiger partial charge in [-0.1, -0.05) is 0 Å². The van der Waals surface area contributed by atoms with E-state index in [0.717, 1.165) is 0 Å². The van der Waals surface area contributed by atoms with Crippen LogP contribution in [0.25, 0.3) is 0 Å². The van der Waals surface area contributed by atoms with Gasteiger partial charge in [-0.3, -0.25) is 0 Å². The first-order valence-electron chi connectivity index (χ1n) is 3.64. The third kappa shape index (κ3) is 4.40.